The minimum absolute atomic E-state index is 0.328. The van der Waals surface area contributed by atoms with Crippen LogP contribution in [0.15, 0.2) is 16.6 Å². The van der Waals surface area contributed by atoms with E-state index in [2.05, 4.69) is 31.2 Å². The van der Waals surface area contributed by atoms with Crippen LogP contribution in [0.5, 0.6) is 5.75 Å². The first-order valence-electron chi connectivity index (χ1n) is 6.52. The van der Waals surface area contributed by atoms with E-state index < -0.39 is 0 Å². The summed E-state index contributed by atoms with van der Waals surface area (Å²) in [4.78, 5) is 9.07. The molecular formula is C15H18BrN3O. The zero-order chi connectivity index (χ0) is 14.9. The number of phenolic OH excluding ortho intramolecular Hbond substituents is 1. The Morgan fingerprint density at radius 1 is 1.15 bits per heavy atom. The number of nitrogens with one attached hydrogen (secondary N) is 1. The van der Waals surface area contributed by atoms with E-state index >= 15 is 0 Å². The number of hydrogen-bond acceptors (Lipinski definition) is 4. The van der Waals surface area contributed by atoms with E-state index in [1.54, 1.807) is 0 Å². The molecule has 1 aromatic heterocycles. The van der Waals surface area contributed by atoms with E-state index in [9.17, 15) is 5.11 Å². The van der Waals surface area contributed by atoms with Gasteiger partial charge in [-0.15, -0.1) is 0 Å². The molecule has 1 aromatic carbocycles. The Balaban J connectivity index is 2.58. The summed E-state index contributed by atoms with van der Waals surface area (Å²) >= 11 is 3.50. The molecule has 0 spiro atoms. The van der Waals surface area contributed by atoms with Crippen LogP contribution in [0.1, 0.15) is 23.7 Å². The van der Waals surface area contributed by atoms with Crippen LogP contribution in [0, 0.1) is 20.8 Å². The van der Waals surface area contributed by atoms with Crippen LogP contribution in [0.25, 0.3) is 11.4 Å². The van der Waals surface area contributed by atoms with E-state index in [0.29, 0.717) is 11.6 Å². The van der Waals surface area contributed by atoms with Crippen LogP contribution in [0.4, 0.5) is 5.82 Å². The molecule has 0 radical (unpaired) electrons. The van der Waals surface area contributed by atoms with Crippen LogP contribution in [0.3, 0.4) is 0 Å². The first-order valence-corrected chi connectivity index (χ1v) is 7.32. The van der Waals surface area contributed by atoms with Crippen molar-refractivity contribution < 1.29 is 5.11 Å². The number of aromatic nitrogens is 2. The minimum atomic E-state index is 0.328. The summed E-state index contributed by atoms with van der Waals surface area (Å²) in [5.41, 5.74) is 3.45. The quantitative estimate of drug-likeness (QED) is 0.890. The van der Waals surface area contributed by atoms with Gasteiger partial charge in [-0.25, -0.2) is 9.97 Å². The summed E-state index contributed by atoms with van der Waals surface area (Å²) in [5.74, 6) is 1.78. The van der Waals surface area contributed by atoms with Gasteiger partial charge in [0.1, 0.15) is 11.6 Å². The molecule has 0 amide bonds. The highest BCUT2D eigenvalue weighted by atomic mass is 79.9. The molecule has 2 aromatic rings. The average molecular weight is 336 g/mol. The van der Waals surface area contributed by atoms with Crippen molar-refractivity contribution in [3.63, 3.8) is 0 Å². The second kappa shape index (κ2) is 5.79. The summed E-state index contributed by atoms with van der Waals surface area (Å²) in [5, 5.41) is 13.1. The Hall–Kier alpha value is -1.62. The smallest absolute Gasteiger partial charge is 0.161 e. The Morgan fingerprint density at radius 2 is 1.75 bits per heavy atom. The fourth-order valence-corrected chi connectivity index (χ4v) is 2.38. The molecule has 0 unspecified atom stereocenters. The van der Waals surface area contributed by atoms with E-state index in [1.165, 1.54) is 0 Å². The van der Waals surface area contributed by atoms with Gasteiger partial charge < -0.3 is 10.4 Å². The first kappa shape index (κ1) is 14.8. The maximum absolute atomic E-state index is 9.85. The predicted octanol–water partition coefficient (Wildman–Crippen LogP) is 3.97. The second-order valence-corrected chi connectivity index (χ2v) is 5.58. The molecule has 4 nitrogen and oxygen atoms in total. The average Bonchev–Trinajstić information content (AvgIpc) is 2.40. The van der Waals surface area contributed by atoms with Gasteiger partial charge in [-0.1, -0.05) is 0 Å². The number of halogens is 1. The number of aryl methyl sites for hydroxylation is 3. The number of aromatic hydroxyl groups is 1. The lowest BCUT2D eigenvalue weighted by Crippen LogP contribution is -2.04. The number of benzene rings is 1. The van der Waals surface area contributed by atoms with E-state index in [1.807, 2.05) is 39.8 Å². The number of rotatable bonds is 3. The highest BCUT2D eigenvalue weighted by molar-refractivity contribution is 9.10. The van der Waals surface area contributed by atoms with Gasteiger partial charge in [-0.05, 0) is 66.9 Å². The highest BCUT2D eigenvalue weighted by Crippen LogP contribution is 2.30. The lowest BCUT2D eigenvalue weighted by molar-refractivity contribution is 0.467. The fourth-order valence-electron chi connectivity index (χ4n) is 2.06. The van der Waals surface area contributed by atoms with E-state index in [0.717, 1.165) is 39.2 Å². The summed E-state index contributed by atoms with van der Waals surface area (Å²) in [6.45, 7) is 8.52. The number of nitrogens with zero attached hydrogens (tertiary/aromatic N) is 2. The molecule has 0 aliphatic heterocycles. The van der Waals surface area contributed by atoms with Crippen LogP contribution in [-0.4, -0.2) is 21.6 Å². The van der Waals surface area contributed by atoms with Crippen LogP contribution in [0.2, 0.25) is 0 Å². The second-order valence-electron chi connectivity index (χ2n) is 4.78. The molecule has 0 aliphatic rings. The summed E-state index contributed by atoms with van der Waals surface area (Å²) < 4.78 is 0.885. The van der Waals surface area contributed by atoms with Gasteiger partial charge >= 0.3 is 0 Å². The third-order valence-corrected chi connectivity index (χ3v) is 4.06. The lowest BCUT2D eigenvalue weighted by atomic mass is 10.1. The van der Waals surface area contributed by atoms with Crippen molar-refractivity contribution in [3.05, 3.63) is 33.4 Å². The molecule has 20 heavy (non-hydrogen) atoms. The van der Waals surface area contributed by atoms with Gasteiger partial charge in [-0.3, -0.25) is 0 Å². The molecule has 0 saturated heterocycles. The molecule has 0 fully saturated rings. The third kappa shape index (κ3) is 2.77. The molecular weight excluding hydrogens is 318 g/mol. The van der Waals surface area contributed by atoms with Crippen LogP contribution < -0.4 is 5.32 Å². The number of phenols is 1. The maximum Gasteiger partial charge on any atom is 0.161 e. The first-order chi connectivity index (χ1) is 9.43. The van der Waals surface area contributed by atoms with Crippen molar-refractivity contribution in [2.24, 2.45) is 0 Å². The van der Waals surface area contributed by atoms with Gasteiger partial charge in [0.15, 0.2) is 5.82 Å². The minimum Gasteiger partial charge on any atom is -0.507 e. The van der Waals surface area contributed by atoms with Crippen LogP contribution in [-0.2, 0) is 0 Å². The summed E-state index contributed by atoms with van der Waals surface area (Å²) in [7, 11) is 0. The zero-order valence-electron chi connectivity index (χ0n) is 12.1. The van der Waals surface area contributed by atoms with Gasteiger partial charge in [0.2, 0.25) is 0 Å². The molecule has 2 N–H and O–H groups in total. The van der Waals surface area contributed by atoms with Crippen molar-refractivity contribution in [2.75, 3.05) is 11.9 Å². The van der Waals surface area contributed by atoms with Crippen molar-refractivity contribution in [1.29, 1.82) is 0 Å². The molecule has 0 aliphatic carbocycles. The Bertz CT molecular complexity index is 633. The lowest BCUT2D eigenvalue weighted by Gasteiger charge is -2.12. The molecule has 1 heterocycles. The molecule has 2 rings (SSSR count). The van der Waals surface area contributed by atoms with Crippen molar-refractivity contribution >= 4 is 21.7 Å². The largest absolute Gasteiger partial charge is 0.507 e. The Labute approximate surface area is 127 Å². The summed E-state index contributed by atoms with van der Waals surface area (Å²) in [6, 6.07) is 3.81. The molecule has 106 valence electrons. The van der Waals surface area contributed by atoms with Crippen molar-refractivity contribution in [2.45, 2.75) is 27.7 Å². The number of hydrogen-bond donors (Lipinski definition) is 2. The topological polar surface area (TPSA) is 58.0 Å². The maximum atomic E-state index is 9.85. The Kier molecular flexibility index (Phi) is 4.28. The molecule has 0 saturated carbocycles. The van der Waals surface area contributed by atoms with Gasteiger partial charge in [0, 0.05) is 12.1 Å². The third-order valence-electron chi connectivity index (χ3n) is 3.11. The van der Waals surface area contributed by atoms with Gasteiger partial charge in [0.25, 0.3) is 0 Å². The number of anilines is 1. The fraction of sp³-hybridized carbons (Fsp3) is 0.333. The predicted molar refractivity (Wildman–Crippen MR) is 85.2 cm³/mol. The van der Waals surface area contributed by atoms with Crippen LogP contribution >= 0.6 is 15.9 Å². The van der Waals surface area contributed by atoms with Crippen molar-refractivity contribution in [1.82, 2.24) is 9.97 Å². The zero-order valence-corrected chi connectivity index (χ0v) is 13.7. The van der Waals surface area contributed by atoms with Crippen molar-refractivity contribution in [3.8, 4) is 17.1 Å². The normalized spacial score (nSPS) is 10.7. The molecule has 0 bridgehead atoms. The van der Waals surface area contributed by atoms with E-state index in [4.69, 9.17) is 0 Å². The summed E-state index contributed by atoms with van der Waals surface area (Å²) in [6.07, 6.45) is 0. The highest BCUT2D eigenvalue weighted by Gasteiger charge is 2.12. The Morgan fingerprint density at radius 3 is 2.30 bits per heavy atom. The van der Waals surface area contributed by atoms with E-state index in [-0.39, 0.29) is 0 Å². The SMILES string of the molecule is CCNc1nc(-c2cc(C)c(O)c(C)c2)nc(C)c1Br. The standard InChI is InChI=1S/C15H18BrN3O/c1-5-17-15-12(16)10(4)18-14(19-15)11-6-8(2)13(20)9(3)7-11/h6-7,20H,5H2,1-4H3,(H,17,18,19). The van der Waals surface area contributed by atoms with Gasteiger partial charge in [-0.2, -0.15) is 0 Å². The molecule has 0 atom stereocenters. The monoisotopic (exact) mass is 335 g/mol. The molecule has 5 heteroatoms. The van der Waals surface area contributed by atoms with Gasteiger partial charge in [0.05, 0.1) is 10.2 Å².